The molecule has 1 saturated heterocycles. The fourth-order valence-electron chi connectivity index (χ4n) is 2.62. The number of benzene rings is 1. The number of carbonyl (C=O) groups is 1. The maximum absolute atomic E-state index is 11.9. The Kier molecular flexibility index (Phi) is 5.32. The van der Waals surface area contributed by atoms with E-state index in [0.717, 1.165) is 25.9 Å². The number of nitrogens with zero attached hydrogens (tertiary/aromatic N) is 2. The second-order valence-electron chi connectivity index (χ2n) is 5.67. The molecule has 22 heavy (non-hydrogen) atoms. The molecule has 1 heterocycles. The number of nitrogens with one attached hydrogen (secondary N) is 1. The van der Waals surface area contributed by atoms with E-state index in [1.165, 1.54) is 6.07 Å². The fraction of sp³-hybridized carbons (Fsp3) is 0.533. The summed E-state index contributed by atoms with van der Waals surface area (Å²) in [4.78, 5) is 24.9. The number of nitrogens with two attached hydrogens (primary N) is 1. The van der Waals surface area contributed by atoms with Crippen LogP contribution in [0.3, 0.4) is 0 Å². The van der Waals surface area contributed by atoms with Gasteiger partial charge >= 0.3 is 0 Å². The summed E-state index contributed by atoms with van der Waals surface area (Å²) < 4.78 is 0. The summed E-state index contributed by atoms with van der Waals surface area (Å²) in [7, 11) is 0. The molecule has 1 aromatic carbocycles. The normalized spacial score (nSPS) is 15.6. The molecule has 0 saturated carbocycles. The maximum atomic E-state index is 11.9. The van der Waals surface area contributed by atoms with Crippen molar-refractivity contribution in [2.24, 2.45) is 11.7 Å². The third-order valence-corrected chi connectivity index (χ3v) is 3.99. The van der Waals surface area contributed by atoms with Crippen molar-refractivity contribution in [1.29, 1.82) is 0 Å². The predicted octanol–water partition coefficient (Wildman–Crippen LogP) is 1.52. The zero-order valence-electron chi connectivity index (χ0n) is 12.7. The minimum absolute atomic E-state index is 0.0186. The van der Waals surface area contributed by atoms with Crippen LogP contribution in [0, 0.1) is 16.0 Å². The maximum Gasteiger partial charge on any atom is 0.293 e. The van der Waals surface area contributed by atoms with Gasteiger partial charge < -0.3 is 16.0 Å². The molecule has 0 radical (unpaired) electrons. The Bertz CT molecular complexity index is 554. The number of anilines is 1. The van der Waals surface area contributed by atoms with Gasteiger partial charge in [0.25, 0.3) is 11.6 Å². The van der Waals surface area contributed by atoms with Crippen molar-refractivity contribution in [2.75, 3.05) is 31.1 Å². The van der Waals surface area contributed by atoms with Gasteiger partial charge in [-0.3, -0.25) is 14.9 Å². The van der Waals surface area contributed by atoms with E-state index in [1.807, 2.05) is 4.90 Å². The molecule has 0 aromatic heterocycles. The number of amides is 1. The highest BCUT2D eigenvalue weighted by molar-refractivity contribution is 5.95. The Morgan fingerprint density at radius 3 is 2.73 bits per heavy atom. The average molecular weight is 306 g/mol. The SMILES string of the molecule is CC1CCN(c2ccc(C(=O)NCCN)cc2[N+](=O)[O-])CC1. The summed E-state index contributed by atoms with van der Waals surface area (Å²) in [5.41, 5.74) is 6.19. The minimum Gasteiger partial charge on any atom is -0.366 e. The lowest BCUT2D eigenvalue weighted by atomic mass is 9.98. The van der Waals surface area contributed by atoms with Crippen LogP contribution in [0.4, 0.5) is 11.4 Å². The van der Waals surface area contributed by atoms with Crippen molar-refractivity contribution in [3.05, 3.63) is 33.9 Å². The van der Waals surface area contributed by atoms with Crippen LogP contribution >= 0.6 is 0 Å². The van der Waals surface area contributed by atoms with Gasteiger partial charge in [-0.05, 0) is 30.9 Å². The summed E-state index contributed by atoms with van der Waals surface area (Å²) in [6, 6.07) is 4.65. The van der Waals surface area contributed by atoms with Crippen molar-refractivity contribution < 1.29 is 9.72 Å². The van der Waals surface area contributed by atoms with Crippen LogP contribution < -0.4 is 16.0 Å². The molecule has 1 fully saturated rings. The molecule has 2 rings (SSSR count). The van der Waals surface area contributed by atoms with Crippen molar-refractivity contribution in [3.8, 4) is 0 Å². The highest BCUT2D eigenvalue weighted by Crippen LogP contribution is 2.32. The third kappa shape index (κ3) is 3.73. The summed E-state index contributed by atoms with van der Waals surface area (Å²) in [6.07, 6.45) is 2.05. The van der Waals surface area contributed by atoms with Gasteiger partial charge in [-0.25, -0.2) is 0 Å². The minimum atomic E-state index is -0.424. The van der Waals surface area contributed by atoms with Gasteiger partial charge in [-0.1, -0.05) is 6.92 Å². The third-order valence-electron chi connectivity index (χ3n) is 3.99. The van der Waals surface area contributed by atoms with Crippen LogP contribution in [0.2, 0.25) is 0 Å². The van der Waals surface area contributed by atoms with E-state index >= 15 is 0 Å². The van der Waals surface area contributed by atoms with Crippen LogP contribution in [0.5, 0.6) is 0 Å². The first-order valence-electron chi connectivity index (χ1n) is 7.54. The van der Waals surface area contributed by atoms with E-state index in [4.69, 9.17) is 5.73 Å². The Balaban J connectivity index is 2.24. The second-order valence-corrected chi connectivity index (χ2v) is 5.67. The number of hydrogen-bond donors (Lipinski definition) is 2. The van der Waals surface area contributed by atoms with Crippen LogP contribution in [-0.4, -0.2) is 37.0 Å². The lowest BCUT2D eigenvalue weighted by Gasteiger charge is -2.31. The highest BCUT2D eigenvalue weighted by atomic mass is 16.6. The van der Waals surface area contributed by atoms with Crippen molar-refractivity contribution >= 4 is 17.3 Å². The van der Waals surface area contributed by atoms with E-state index in [9.17, 15) is 14.9 Å². The second kappa shape index (κ2) is 7.22. The lowest BCUT2D eigenvalue weighted by molar-refractivity contribution is -0.384. The van der Waals surface area contributed by atoms with Gasteiger partial charge in [0.05, 0.1) is 4.92 Å². The first-order valence-corrected chi connectivity index (χ1v) is 7.54. The van der Waals surface area contributed by atoms with Crippen LogP contribution in [-0.2, 0) is 0 Å². The van der Waals surface area contributed by atoms with Gasteiger partial charge in [0.1, 0.15) is 5.69 Å². The van der Waals surface area contributed by atoms with Gasteiger partial charge in [-0.15, -0.1) is 0 Å². The zero-order valence-corrected chi connectivity index (χ0v) is 12.7. The molecule has 120 valence electrons. The molecule has 1 amide bonds. The first kappa shape index (κ1) is 16.2. The molecule has 0 spiro atoms. The molecular weight excluding hydrogens is 284 g/mol. The molecule has 1 aliphatic rings. The quantitative estimate of drug-likeness (QED) is 0.634. The van der Waals surface area contributed by atoms with E-state index < -0.39 is 4.92 Å². The van der Waals surface area contributed by atoms with Crippen LogP contribution in [0.15, 0.2) is 18.2 Å². The van der Waals surface area contributed by atoms with Crippen LogP contribution in [0.1, 0.15) is 30.1 Å². The Labute approximate surface area is 129 Å². The Hall–Kier alpha value is -2.15. The molecule has 7 nitrogen and oxygen atoms in total. The first-order chi connectivity index (χ1) is 10.5. The predicted molar refractivity (Wildman–Crippen MR) is 85.1 cm³/mol. The molecule has 1 aromatic rings. The Morgan fingerprint density at radius 1 is 1.45 bits per heavy atom. The lowest BCUT2D eigenvalue weighted by Crippen LogP contribution is -2.33. The van der Waals surface area contributed by atoms with E-state index in [2.05, 4.69) is 12.2 Å². The summed E-state index contributed by atoms with van der Waals surface area (Å²) in [5.74, 6) is 0.309. The number of nitro benzene ring substituents is 1. The van der Waals surface area contributed by atoms with Crippen molar-refractivity contribution in [2.45, 2.75) is 19.8 Å². The molecule has 3 N–H and O–H groups in total. The molecule has 1 aliphatic heterocycles. The van der Waals surface area contributed by atoms with Crippen molar-refractivity contribution in [3.63, 3.8) is 0 Å². The number of piperidine rings is 1. The fourth-order valence-corrected chi connectivity index (χ4v) is 2.62. The summed E-state index contributed by atoms with van der Waals surface area (Å²) in [6.45, 7) is 4.48. The summed E-state index contributed by atoms with van der Waals surface area (Å²) >= 11 is 0. The highest BCUT2D eigenvalue weighted by Gasteiger charge is 2.24. The van der Waals surface area contributed by atoms with E-state index in [-0.39, 0.29) is 17.2 Å². The van der Waals surface area contributed by atoms with E-state index in [1.54, 1.807) is 12.1 Å². The van der Waals surface area contributed by atoms with Gasteiger partial charge in [-0.2, -0.15) is 0 Å². The molecule has 0 aliphatic carbocycles. The number of rotatable bonds is 5. The molecule has 7 heteroatoms. The Morgan fingerprint density at radius 2 is 2.14 bits per heavy atom. The molecule has 0 unspecified atom stereocenters. The number of nitro groups is 1. The van der Waals surface area contributed by atoms with Gasteiger partial charge in [0.2, 0.25) is 0 Å². The number of carbonyl (C=O) groups excluding carboxylic acids is 1. The van der Waals surface area contributed by atoms with Gasteiger partial charge in [0, 0.05) is 37.8 Å². The molecule has 0 atom stereocenters. The van der Waals surface area contributed by atoms with Crippen molar-refractivity contribution in [1.82, 2.24) is 5.32 Å². The smallest absolute Gasteiger partial charge is 0.293 e. The standard InChI is InChI=1S/C15H22N4O3/c1-11-4-8-18(9-5-11)13-3-2-12(10-14(13)19(21)22)15(20)17-7-6-16/h2-3,10-11H,4-9,16H2,1H3,(H,17,20). The van der Waals surface area contributed by atoms with E-state index in [0.29, 0.717) is 24.7 Å². The molecular formula is C15H22N4O3. The van der Waals surface area contributed by atoms with Crippen LogP contribution in [0.25, 0.3) is 0 Å². The summed E-state index contributed by atoms with van der Waals surface area (Å²) in [5, 5.41) is 14.0. The largest absolute Gasteiger partial charge is 0.366 e. The average Bonchev–Trinajstić information content (AvgIpc) is 2.52. The van der Waals surface area contributed by atoms with Gasteiger partial charge in [0.15, 0.2) is 0 Å². The monoisotopic (exact) mass is 306 g/mol. The molecule has 0 bridgehead atoms. The number of hydrogen-bond acceptors (Lipinski definition) is 5. The zero-order chi connectivity index (χ0) is 16.1. The topological polar surface area (TPSA) is 102 Å².